The molecule has 2 aromatic rings. The van der Waals surface area contributed by atoms with Crippen LogP contribution in [0.25, 0.3) is 0 Å². The molecule has 1 saturated carbocycles. The lowest BCUT2D eigenvalue weighted by Crippen LogP contribution is -2.29. The molecule has 3 heteroatoms. The van der Waals surface area contributed by atoms with E-state index in [0.29, 0.717) is 10.4 Å². The third-order valence-corrected chi connectivity index (χ3v) is 4.75. The average molecular weight is 302 g/mol. The van der Waals surface area contributed by atoms with Crippen LogP contribution in [0.5, 0.6) is 5.75 Å². The van der Waals surface area contributed by atoms with Crippen molar-refractivity contribution in [1.82, 2.24) is 4.90 Å². The molecular weight excluding hydrogens is 282 g/mol. The fourth-order valence-corrected chi connectivity index (χ4v) is 3.22. The van der Waals surface area contributed by atoms with Crippen molar-refractivity contribution >= 4 is 11.6 Å². The molecule has 0 atom stereocenters. The maximum atomic E-state index is 9.69. The minimum Gasteiger partial charge on any atom is -0.506 e. The lowest BCUT2D eigenvalue weighted by molar-refractivity contribution is 0.294. The van der Waals surface area contributed by atoms with E-state index in [9.17, 15) is 5.11 Å². The Bertz CT molecular complexity index is 622. The molecule has 0 unspecified atom stereocenters. The summed E-state index contributed by atoms with van der Waals surface area (Å²) in [4.78, 5) is 2.29. The zero-order valence-corrected chi connectivity index (χ0v) is 13.0. The van der Waals surface area contributed by atoms with Crippen LogP contribution in [-0.2, 0) is 12.0 Å². The van der Waals surface area contributed by atoms with Crippen molar-refractivity contribution in [3.8, 4) is 5.75 Å². The molecule has 0 amide bonds. The summed E-state index contributed by atoms with van der Waals surface area (Å²) in [6, 6.07) is 16.2. The zero-order valence-electron chi connectivity index (χ0n) is 12.2. The Labute approximate surface area is 131 Å². The Morgan fingerprint density at radius 3 is 2.48 bits per heavy atom. The summed E-state index contributed by atoms with van der Waals surface area (Å²) in [6.07, 6.45) is 2.49. The monoisotopic (exact) mass is 301 g/mol. The van der Waals surface area contributed by atoms with Crippen LogP contribution in [0.3, 0.4) is 0 Å². The molecular formula is C18H20ClNO. The first-order valence-electron chi connectivity index (χ1n) is 7.31. The van der Waals surface area contributed by atoms with E-state index >= 15 is 0 Å². The highest BCUT2D eigenvalue weighted by molar-refractivity contribution is 6.32. The van der Waals surface area contributed by atoms with E-state index < -0.39 is 0 Å². The lowest BCUT2D eigenvalue weighted by Gasteiger charge is -2.24. The number of rotatable bonds is 5. The second-order valence-corrected chi connectivity index (χ2v) is 6.45. The minimum absolute atomic E-state index is 0.159. The van der Waals surface area contributed by atoms with Gasteiger partial charge in [-0.3, -0.25) is 0 Å². The minimum atomic E-state index is 0.159. The van der Waals surface area contributed by atoms with Crippen molar-refractivity contribution < 1.29 is 5.11 Å². The molecule has 0 heterocycles. The number of halogens is 1. The molecule has 1 fully saturated rings. The van der Waals surface area contributed by atoms with Gasteiger partial charge >= 0.3 is 0 Å². The van der Waals surface area contributed by atoms with E-state index in [1.54, 1.807) is 6.07 Å². The topological polar surface area (TPSA) is 23.5 Å². The normalized spacial score (nSPS) is 16.1. The van der Waals surface area contributed by atoms with E-state index in [1.165, 1.54) is 18.4 Å². The van der Waals surface area contributed by atoms with Gasteiger partial charge in [0.2, 0.25) is 0 Å². The van der Waals surface area contributed by atoms with E-state index in [0.717, 1.165) is 18.7 Å². The fourth-order valence-electron chi connectivity index (χ4n) is 3.03. The molecule has 0 spiro atoms. The van der Waals surface area contributed by atoms with Crippen LogP contribution < -0.4 is 0 Å². The molecule has 2 aromatic carbocycles. The maximum Gasteiger partial charge on any atom is 0.134 e. The predicted octanol–water partition coefficient (Wildman–Crippen LogP) is 4.21. The quantitative estimate of drug-likeness (QED) is 0.894. The van der Waals surface area contributed by atoms with Crippen LogP contribution in [0, 0.1) is 0 Å². The van der Waals surface area contributed by atoms with Gasteiger partial charge in [0.15, 0.2) is 0 Å². The number of likely N-dealkylation sites (N-methyl/N-ethyl adjacent to an activating group) is 1. The fraction of sp³-hybridized carbons (Fsp3) is 0.333. The summed E-state index contributed by atoms with van der Waals surface area (Å²) in [5.41, 5.74) is 2.71. The van der Waals surface area contributed by atoms with Gasteiger partial charge in [-0.05, 0) is 37.1 Å². The molecule has 1 aliphatic carbocycles. The van der Waals surface area contributed by atoms with Crippen LogP contribution in [0.15, 0.2) is 48.5 Å². The summed E-state index contributed by atoms with van der Waals surface area (Å²) in [5.74, 6) is 0.159. The maximum absolute atomic E-state index is 9.69. The molecule has 2 nitrogen and oxygen atoms in total. The van der Waals surface area contributed by atoms with Crippen LogP contribution in [0.2, 0.25) is 5.02 Å². The van der Waals surface area contributed by atoms with Crippen molar-refractivity contribution in [1.29, 1.82) is 0 Å². The highest BCUT2D eigenvalue weighted by atomic mass is 35.5. The van der Waals surface area contributed by atoms with Crippen molar-refractivity contribution in [2.24, 2.45) is 0 Å². The highest BCUT2D eigenvalue weighted by Crippen LogP contribution is 2.48. The smallest absolute Gasteiger partial charge is 0.134 e. The Morgan fingerprint density at radius 2 is 1.81 bits per heavy atom. The lowest BCUT2D eigenvalue weighted by atomic mass is 9.95. The van der Waals surface area contributed by atoms with E-state index in [-0.39, 0.29) is 5.75 Å². The first-order valence-corrected chi connectivity index (χ1v) is 7.69. The van der Waals surface area contributed by atoms with Crippen molar-refractivity contribution in [3.05, 3.63) is 64.7 Å². The zero-order chi connectivity index (χ0) is 14.9. The highest BCUT2D eigenvalue weighted by Gasteiger charge is 2.44. The van der Waals surface area contributed by atoms with Gasteiger partial charge in [0, 0.05) is 18.5 Å². The number of phenols is 1. The molecule has 0 radical (unpaired) electrons. The van der Waals surface area contributed by atoms with Crippen LogP contribution in [-0.4, -0.2) is 23.6 Å². The van der Waals surface area contributed by atoms with Crippen molar-refractivity contribution in [2.75, 3.05) is 13.6 Å². The Balaban J connectivity index is 1.70. The molecule has 21 heavy (non-hydrogen) atoms. The van der Waals surface area contributed by atoms with Crippen LogP contribution >= 0.6 is 11.6 Å². The summed E-state index contributed by atoms with van der Waals surface area (Å²) < 4.78 is 0. The molecule has 110 valence electrons. The molecule has 0 bridgehead atoms. The SMILES string of the molecule is CN(Cc1cccc(O)c1Cl)CC1(c2ccccc2)CC1. The van der Waals surface area contributed by atoms with Gasteiger partial charge in [-0.15, -0.1) is 0 Å². The van der Waals surface area contributed by atoms with E-state index in [1.807, 2.05) is 12.1 Å². The molecule has 1 aliphatic rings. The number of hydrogen-bond acceptors (Lipinski definition) is 2. The third kappa shape index (κ3) is 3.07. The number of hydrogen-bond donors (Lipinski definition) is 1. The van der Waals surface area contributed by atoms with Gasteiger partial charge in [0.25, 0.3) is 0 Å². The second kappa shape index (κ2) is 5.70. The predicted molar refractivity (Wildman–Crippen MR) is 86.8 cm³/mol. The number of nitrogens with zero attached hydrogens (tertiary/aromatic N) is 1. The van der Waals surface area contributed by atoms with Crippen LogP contribution in [0.1, 0.15) is 24.0 Å². The molecule has 0 aromatic heterocycles. The van der Waals surface area contributed by atoms with Gasteiger partial charge in [-0.25, -0.2) is 0 Å². The van der Waals surface area contributed by atoms with Gasteiger partial charge in [-0.2, -0.15) is 0 Å². The van der Waals surface area contributed by atoms with E-state index in [4.69, 9.17) is 11.6 Å². The summed E-state index contributed by atoms with van der Waals surface area (Å²) in [7, 11) is 2.11. The Morgan fingerprint density at radius 1 is 1.10 bits per heavy atom. The van der Waals surface area contributed by atoms with Gasteiger partial charge < -0.3 is 10.0 Å². The average Bonchev–Trinajstić information content (AvgIpc) is 3.26. The molecule has 3 rings (SSSR count). The Kier molecular flexibility index (Phi) is 3.92. The third-order valence-electron chi connectivity index (χ3n) is 4.31. The van der Waals surface area contributed by atoms with Gasteiger partial charge in [0.05, 0.1) is 5.02 Å². The van der Waals surface area contributed by atoms with E-state index in [2.05, 4.69) is 42.3 Å². The van der Waals surface area contributed by atoms with Crippen molar-refractivity contribution in [2.45, 2.75) is 24.8 Å². The standard InChI is InChI=1S/C18H20ClNO/c1-20(12-14-6-5-9-16(21)17(14)19)13-18(10-11-18)15-7-3-2-4-8-15/h2-9,21H,10-13H2,1H3. The number of benzene rings is 2. The first-order chi connectivity index (χ1) is 10.1. The second-order valence-electron chi connectivity index (χ2n) is 6.07. The summed E-state index contributed by atoms with van der Waals surface area (Å²) in [5, 5.41) is 10.2. The first kappa shape index (κ1) is 14.4. The number of aromatic hydroxyl groups is 1. The van der Waals surface area contributed by atoms with Crippen LogP contribution in [0.4, 0.5) is 0 Å². The van der Waals surface area contributed by atoms with Gasteiger partial charge in [-0.1, -0.05) is 54.1 Å². The number of phenolic OH excluding ortho intramolecular Hbond substituents is 1. The van der Waals surface area contributed by atoms with Crippen molar-refractivity contribution in [3.63, 3.8) is 0 Å². The summed E-state index contributed by atoms with van der Waals surface area (Å²) in [6.45, 7) is 1.77. The molecule has 1 N–H and O–H groups in total. The van der Waals surface area contributed by atoms with Gasteiger partial charge in [0.1, 0.15) is 5.75 Å². The largest absolute Gasteiger partial charge is 0.506 e. The molecule has 0 saturated heterocycles. The summed E-state index contributed by atoms with van der Waals surface area (Å²) >= 11 is 6.16. The molecule has 0 aliphatic heterocycles. The Hall–Kier alpha value is -1.51.